The molecule has 0 bridgehead atoms. The highest BCUT2D eigenvalue weighted by Gasteiger charge is 2.40. The monoisotopic (exact) mass is 364 g/mol. The number of carbonyl (C=O) groups excluding carboxylic acids is 1. The molecule has 1 saturated heterocycles. The van der Waals surface area contributed by atoms with Crippen LogP contribution in [-0.4, -0.2) is 65.0 Å². The Morgan fingerprint density at radius 2 is 2.04 bits per heavy atom. The number of rotatable bonds is 4. The van der Waals surface area contributed by atoms with Crippen LogP contribution in [0.2, 0.25) is 0 Å². The van der Waals surface area contributed by atoms with E-state index in [2.05, 4.69) is 10.3 Å². The van der Waals surface area contributed by atoms with Crippen molar-refractivity contribution < 1.29 is 14.3 Å². The Hall–Kier alpha value is -2.15. The van der Waals surface area contributed by atoms with Crippen molar-refractivity contribution >= 4 is 11.9 Å². The number of hydrogen-bond acceptors (Lipinski definition) is 3. The molecule has 26 heavy (non-hydrogen) atoms. The van der Waals surface area contributed by atoms with Gasteiger partial charge in [-0.05, 0) is 33.8 Å². The van der Waals surface area contributed by atoms with Crippen LogP contribution in [0.1, 0.15) is 39.4 Å². The van der Waals surface area contributed by atoms with Gasteiger partial charge >= 0.3 is 0 Å². The molecule has 1 fully saturated rings. The van der Waals surface area contributed by atoms with Gasteiger partial charge in [-0.2, -0.15) is 0 Å². The van der Waals surface area contributed by atoms with E-state index >= 15 is 0 Å². The lowest BCUT2D eigenvalue weighted by molar-refractivity contribution is -0.145. The molecule has 0 saturated carbocycles. The second kappa shape index (κ2) is 8.03. The number of aliphatic hydroxyl groups excluding tert-OH is 1. The van der Waals surface area contributed by atoms with Gasteiger partial charge in [0.25, 0.3) is 0 Å². The van der Waals surface area contributed by atoms with Crippen molar-refractivity contribution in [1.82, 2.24) is 15.1 Å². The average Bonchev–Trinajstić information content (AvgIpc) is 2.53. The number of aliphatic imine (C=N–C) groups is 1. The maximum atomic E-state index is 13.8. The number of halogens is 1. The molecule has 1 aromatic carbocycles. The molecule has 2 rings (SSSR count). The highest BCUT2D eigenvalue weighted by molar-refractivity contribution is 5.88. The Morgan fingerprint density at radius 1 is 1.38 bits per heavy atom. The van der Waals surface area contributed by atoms with Gasteiger partial charge < -0.3 is 20.2 Å². The van der Waals surface area contributed by atoms with Gasteiger partial charge in [0, 0.05) is 31.7 Å². The molecule has 1 aliphatic heterocycles. The molecule has 0 spiro atoms. The largest absolute Gasteiger partial charge is 0.386 e. The predicted molar refractivity (Wildman–Crippen MR) is 100 cm³/mol. The molecule has 1 aromatic rings. The van der Waals surface area contributed by atoms with Crippen LogP contribution in [0.3, 0.4) is 0 Å². The van der Waals surface area contributed by atoms with Crippen LogP contribution in [0.4, 0.5) is 4.39 Å². The highest BCUT2D eigenvalue weighted by atomic mass is 19.1. The second-order valence-corrected chi connectivity index (χ2v) is 7.49. The molecule has 7 heteroatoms. The second-order valence-electron chi connectivity index (χ2n) is 7.49. The molecule has 1 atom stereocenters. The Balaban J connectivity index is 2.06. The molecule has 0 aromatic heterocycles. The van der Waals surface area contributed by atoms with E-state index in [0.29, 0.717) is 12.5 Å². The molecule has 0 radical (unpaired) electrons. The molecule has 144 valence electrons. The summed E-state index contributed by atoms with van der Waals surface area (Å²) in [7, 11) is 1.63. The Labute approximate surface area is 154 Å². The van der Waals surface area contributed by atoms with Gasteiger partial charge in [0.15, 0.2) is 5.96 Å². The summed E-state index contributed by atoms with van der Waals surface area (Å²) in [5.74, 6) is 0.109. The minimum absolute atomic E-state index is 0.0360. The van der Waals surface area contributed by atoms with Crippen molar-refractivity contribution in [2.45, 2.75) is 45.4 Å². The molecule has 6 nitrogen and oxygen atoms in total. The zero-order valence-corrected chi connectivity index (χ0v) is 16.2. The van der Waals surface area contributed by atoms with Crippen LogP contribution >= 0.6 is 0 Å². The number of hydrogen-bond donors (Lipinski definition) is 2. The normalized spacial score (nSPS) is 19.1. The van der Waals surface area contributed by atoms with Gasteiger partial charge in [0.05, 0.1) is 18.2 Å². The minimum Gasteiger partial charge on any atom is -0.386 e. The van der Waals surface area contributed by atoms with Gasteiger partial charge in [0.1, 0.15) is 5.82 Å². The zero-order valence-electron chi connectivity index (χ0n) is 16.2. The minimum atomic E-state index is -1.01. The van der Waals surface area contributed by atoms with E-state index < -0.39 is 11.9 Å². The highest BCUT2D eigenvalue weighted by Crippen LogP contribution is 2.24. The van der Waals surface area contributed by atoms with E-state index in [1.165, 1.54) is 6.07 Å². The molecule has 2 N–H and O–H groups in total. The Kier molecular flexibility index (Phi) is 6.23. The van der Waals surface area contributed by atoms with Crippen molar-refractivity contribution in [1.29, 1.82) is 0 Å². The zero-order chi connectivity index (χ0) is 19.5. The predicted octanol–water partition coefficient (Wildman–Crippen LogP) is 1.77. The van der Waals surface area contributed by atoms with Crippen LogP contribution in [0.25, 0.3) is 0 Å². The molecule has 0 aliphatic carbocycles. The summed E-state index contributed by atoms with van der Waals surface area (Å²) in [6.07, 6.45) is -1.01. The standard InChI is InChI=1S/C19H29FN4O2/c1-13(2)24-17(26)11-23(12-19(24,3)4)18(21-5)22-10-16(25)14-8-6-7-9-15(14)20/h6-9,13,16,25H,10-12H2,1-5H3,(H,21,22). The molecular formula is C19H29FN4O2. The average molecular weight is 364 g/mol. The number of nitrogens with one attached hydrogen (secondary N) is 1. The summed E-state index contributed by atoms with van der Waals surface area (Å²) in [5.41, 5.74) is -0.109. The summed E-state index contributed by atoms with van der Waals surface area (Å²) in [6.45, 7) is 9.01. The van der Waals surface area contributed by atoms with E-state index in [1.807, 2.05) is 37.5 Å². The van der Waals surface area contributed by atoms with Gasteiger partial charge in [-0.25, -0.2) is 4.39 Å². The van der Waals surface area contributed by atoms with Gasteiger partial charge in [-0.15, -0.1) is 0 Å². The first-order valence-electron chi connectivity index (χ1n) is 8.87. The number of aliphatic hydroxyl groups is 1. The van der Waals surface area contributed by atoms with Crippen molar-refractivity contribution in [3.63, 3.8) is 0 Å². The summed E-state index contributed by atoms with van der Waals surface area (Å²) >= 11 is 0. The van der Waals surface area contributed by atoms with Gasteiger partial charge in [-0.3, -0.25) is 9.79 Å². The molecule has 1 unspecified atom stereocenters. The van der Waals surface area contributed by atoms with Crippen LogP contribution in [0.5, 0.6) is 0 Å². The lowest BCUT2D eigenvalue weighted by atomic mass is 9.96. The maximum Gasteiger partial charge on any atom is 0.242 e. The van der Waals surface area contributed by atoms with E-state index in [-0.39, 0.29) is 36.1 Å². The first-order chi connectivity index (χ1) is 12.2. The third kappa shape index (κ3) is 4.33. The maximum absolute atomic E-state index is 13.8. The lowest BCUT2D eigenvalue weighted by Gasteiger charge is -2.49. The third-order valence-corrected chi connectivity index (χ3v) is 4.57. The molecule has 1 amide bonds. The molecular weight excluding hydrogens is 335 g/mol. The first kappa shape index (κ1) is 20.2. The number of piperazine rings is 1. The summed E-state index contributed by atoms with van der Waals surface area (Å²) < 4.78 is 13.8. The Bertz CT molecular complexity index is 675. The van der Waals surface area contributed by atoms with Crippen molar-refractivity contribution in [2.75, 3.05) is 26.7 Å². The fourth-order valence-electron chi connectivity index (χ4n) is 3.69. The summed E-state index contributed by atoms with van der Waals surface area (Å²) in [6, 6.07) is 6.26. The topological polar surface area (TPSA) is 68.2 Å². The van der Waals surface area contributed by atoms with Crippen LogP contribution in [0, 0.1) is 5.82 Å². The SMILES string of the molecule is CN=C(NCC(O)c1ccccc1F)N1CC(=O)N(C(C)C)C(C)(C)C1. The summed E-state index contributed by atoms with van der Waals surface area (Å²) in [5, 5.41) is 13.3. The number of carbonyl (C=O) groups is 1. The first-order valence-corrected chi connectivity index (χ1v) is 8.87. The van der Waals surface area contributed by atoms with E-state index in [1.54, 1.807) is 25.2 Å². The van der Waals surface area contributed by atoms with E-state index in [0.717, 1.165) is 0 Å². The fraction of sp³-hybridized carbons (Fsp3) is 0.579. The van der Waals surface area contributed by atoms with Gasteiger partial charge in [0.2, 0.25) is 5.91 Å². The van der Waals surface area contributed by atoms with Crippen molar-refractivity contribution in [3.8, 4) is 0 Å². The van der Waals surface area contributed by atoms with E-state index in [9.17, 15) is 14.3 Å². The van der Waals surface area contributed by atoms with Crippen molar-refractivity contribution in [2.24, 2.45) is 4.99 Å². The van der Waals surface area contributed by atoms with Crippen LogP contribution < -0.4 is 5.32 Å². The molecule has 1 aliphatic rings. The van der Waals surface area contributed by atoms with Crippen LogP contribution in [0.15, 0.2) is 29.3 Å². The van der Waals surface area contributed by atoms with Gasteiger partial charge in [-0.1, -0.05) is 18.2 Å². The van der Waals surface area contributed by atoms with Crippen molar-refractivity contribution in [3.05, 3.63) is 35.6 Å². The fourth-order valence-corrected chi connectivity index (χ4v) is 3.69. The number of amides is 1. The smallest absolute Gasteiger partial charge is 0.242 e. The quantitative estimate of drug-likeness (QED) is 0.631. The number of guanidine groups is 1. The number of nitrogens with zero attached hydrogens (tertiary/aromatic N) is 3. The molecule has 1 heterocycles. The van der Waals surface area contributed by atoms with E-state index in [4.69, 9.17) is 0 Å². The number of benzene rings is 1. The third-order valence-electron chi connectivity index (χ3n) is 4.57. The van der Waals surface area contributed by atoms with Crippen LogP contribution in [-0.2, 0) is 4.79 Å². The summed E-state index contributed by atoms with van der Waals surface area (Å²) in [4.78, 5) is 20.6. The lowest BCUT2D eigenvalue weighted by Crippen LogP contribution is -2.66. The Morgan fingerprint density at radius 3 is 2.58 bits per heavy atom.